The Morgan fingerprint density at radius 3 is 2.27 bits per heavy atom. The smallest absolute Gasteiger partial charge is 0.338 e. The van der Waals surface area contributed by atoms with Crippen molar-refractivity contribution in [2.45, 2.75) is 13.3 Å². The summed E-state index contributed by atoms with van der Waals surface area (Å²) in [5, 5.41) is 2.71. The van der Waals surface area contributed by atoms with Gasteiger partial charge in [-0.1, -0.05) is 28.1 Å². The molecule has 5 rings (SSSR count). The average molecular weight is 509 g/mol. The van der Waals surface area contributed by atoms with Crippen molar-refractivity contribution in [3.63, 3.8) is 0 Å². The number of esters is 1. The molecule has 2 fully saturated rings. The van der Waals surface area contributed by atoms with Crippen LogP contribution in [-0.2, 0) is 19.1 Å². The molecule has 1 saturated carbocycles. The molecule has 3 amide bonds. The molecular formula is C25H21BrN2O5. The topological polar surface area (TPSA) is 92.8 Å². The molecule has 7 nitrogen and oxygen atoms in total. The number of fused-ring (bicyclic) bond motifs is 5. The number of allylic oxidation sites excluding steroid dienone is 2. The number of aryl methyl sites for hydroxylation is 1. The number of hydrogen-bond acceptors (Lipinski definition) is 5. The van der Waals surface area contributed by atoms with Gasteiger partial charge in [-0.15, -0.1) is 0 Å². The molecule has 8 heteroatoms. The molecule has 4 atom stereocenters. The lowest BCUT2D eigenvalue weighted by atomic mass is 9.85. The summed E-state index contributed by atoms with van der Waals surface area (Å²) in [5.41, 5.74) is 2.18. The van der Waals surface area contributed by atoms with Gasteiger partial charge in [-0.3, -0.25) is 19.3 Å². The number of ether oxygens (including phenoxy) is 1. The van der Waals surface area contributed by atoms with Crippen LogP contribution in [0.4, 0.5) is 11.4 Å². The van der Waals surface area contributed by atoms with Crippen molar-refractivity contribution in [3.05, 3.63) is 70.2 Å². The predicted octanol–water partition coefficient (Wildman–Crippen LogP) is 3.86. The highest BCUT2D eigenvalue weighted by Gasteiger charge is 2.59. The number of carbonyl (C=O) groups is 4. The van der Waals surface area contributed by atoms with Crippen molar-refractivity contribution in [1.29, 1.82) is 0 Å². The molecule has 0 radical (unpaired) electrons. The Hall–Kier alpha value is -3.26. The van der Waals surface area contributed by atoms with E-state index in [2.05, 4.69) is 21.2 Å². The van der Waals surface area contributed by atoms with Crippen LogP contribution in [0.1, 0.15) is 22.3 Å². The second-order valence-electron chi connectivity index (χ2n) is 8.64. The van der Waals surface area contributed by atoms with E-state index in [4.69, 9.17) is 4.74 Å². The number of imide groups is 1. The molecular weight excluding hydrogens is 488 g/mol. The van der Waals surface area contributed by atoms with Crippen LogP contribution >= 0.6 is 15.9 Å². The Kier molecular flexibility index (Phi) is 5.40. The maximum atomic E-state index is 12.9. The summed E-state index contributed by atoms with van der Waals surface area (Å²) in [6, 6.07) is 11.6. The lowest BCUT2D eigenvalue weighted by molar-refractivity contribution is -0.123. The van der Waals surface area contributed by atoms with Crippen molar-refractivity contribution in [1.82, 2.24) is 0 Å². The summed E-state index contributed by atoms with van der Waals surface area (Å²) in [6.45, 7) is 1.43. The molecule has 2 bridgehead atoms. The van der Waals surface area contributed by atoms with E-state index in [9.17, 15) is 19.2 Å². The summed E-state index contributed by atoms with van der Waals surface area (Å²) in [6.07, 6.45) is 4.97. The van der Waals surface area contributed by atoms with E-state index in [-0.39, 0.29) is 41.0 Å². The second kappa shape index (κ2) is 8.26. The van der Waals surface area contributed by atoms with Crippen LogP contribution in [0.2, 0.25) is 0 Å². The highest BCUT2D eigenvalue weighted by molar-refractivity contribution is 9.10. The van der Waals surface area contributed by atoms with Crippen molar-refractivity contribution >= 4 is 51.0 Å². The molecule has 0 unspecified atom stereocenters. The first-order valence-electron chi connectivity index (χ1n) is 10.7. The number of carbonyl (C=O) groups excluding carboxylic acids is 4. The molecule has 3 aliphatic rings. The molecule has 2 aromatic rings. The van der Waals surface area contributed by atoms with Crippen molar-refractivity contribution in [2.24, 2.45) is 23.7 Å². The Labute approximate surface area is 198 Å². The molecule has 33 heavy (non-hydrogen) atoms. The van der Waals surface area contributed by atoms with E-state index in [1.807, 2.05) is 25.1 Å². The zero-order chi connectivity index (χ0) is 23.3. The van der Waals surface area contributed by atoms with E-state index in [0.29, 0.717) is 11.4 Å². The number of rotatable bonds is 5. The van der Waals surface area contributed by atoms with Gasteiger partial charge in [-0.25, -0.2) is 4.79 Å². The van der Waals surface area contributed by atoms with Gasteiger partial charge in [0, 0.05) is 10.2 Å². The summed E-state index contributed by atoms with van der Waals surface area (Å²) in [4.78, 5) is 51.6. The summed E-state index contributed by atoms with van der Waals surface area (Å²) in [7, 11) is 0. The fourth-order valence-corrected chi connectivity index (χ4v) is 5.55. The van der Waals surface area contributed by atoms with Crippen molar-refractivity contribution in [3.8, 4) is 0 Å². The number of nitrogens with zero attached hydrogens (tertiary/aromatic N) is 1. The van der Waals surface area contributed by atoms with Crippen LogP contribution in [0.3, 0.4) is 0 Å². The van der Waals surface area contributed by atoms with E-state index >= 15 is 0 Å². The van der Waals surface area contributed by atoms with Gasteiger partial charge in [-0.2, -0.15) is 0 Å². The SMILES string of the molecule is Cc1cc(Br)ccc1NC(=O)COC(=O)c1ccc(N2C(=O)[C@@H]3[C@@H](C2=O)[C@H]2C=C[C@H]3C2)cc1. The Morgan fingerprint density at radius 1 is 1.03 bits per heavy atom. The van der Waals surface area contributed by atoms with Gasteiger partial charge in [0.2, 0.25) is 11.8 Å². The molecule has 1 aliphatic heterocycles. The largest absolute Gasteiger partial charge is 0.452 e. The standard InChI is InChI=1S/C25H21BrN2O5/c1-13-10-17(26)6-9-19(13)27-20(29)12-33-25(32)14-4-7-18(8-5-14)28-23(30)21-15-2-3-16(11-15)22(21)24(28)31/h2-10,15-16,21-22H,11-12H2,1H3,(H,27,29)/t15-,16-,21-,22-/m0/s1. The van der Waals surface area contributed by atoms with Gasteiger partial charge in [0.15, 0.2) is 6.61 Å². The first kappa shape index (κ1) is 21.6. The minimum Gasteiger partial charge on any atom is -0.452 e. The van der Waals surface area contributed by atoms with Crippen molar-refractivity contribution < 1.29 is 23.9 Å². The Morgan fingerprint density at radius 2 is 1.67 bits per heavy atom. The zero-order valence-electron chi connectivity index (χ0n) is 17.8. The molecule has 1 saturated heterocycles. The summed E-state index contributed by atoms with van der Waals surface area (Å²) in [5.74, 6) is -1.72. The van der Waals surface area contributed by atoms with E-state index < -0.39 is 18.5 Å². The third kappa shape index (κ3) is 3.78. The lowest BCUT2D eigenvalue weighted by Gasteiger charge is -2.17. The Bertz CT molecular complexity index is 1180. The van der Waals surface area contributed by atoms with Gasteiger partial charge in [0.05, 0.1) is 23.1 Å². The first-order chi connectivity index (χ1) is 15.8. The minimum absolute atomic E-state index is 0.142. The van der Waals surface area contributed by atoms with Crippen LogP contribution < -0.4 is 10.2 Å². The molecule has 2 aromatic carbocycles. The number of benzene rings is 2. The van der Waals surface area contributed by atoms with Crippen LogP contribution in [0, 0.1) is 30.6 Å². The maximum absolute atomic E-state index is 12.9. The quantitative estimate of drug-likeness (QED) is 0.376. The molecule has 1 N–H and O–H groups in total. The van der Waals surface area contributed by atoms with Gasteiger partial charge in [0.25, 0.3) is 5.91 Å². The Balaban J connectivity index is 1.20. The fraction of sp³-hybridized carbons (Fsp3) is 0.280. The highest BCUT2D eigenvalue weighted by Crippen LogP contribution is 2.53. The maximum Gasteiger partial charge on any atom is 0.338 e. The molecule has 0 spiro atoms. The van der Waals surface area contributed by atoms with Crippen LogP contribution in [0.5, 0.6) is 0 Å². The molecule has 0 aromatic heterocycles. The third-order valence-corrected chi connectivity index (χ3v) is 7.12. The average Bonchev–Trinajstić information content (AvgIpc) is 3.48. The fourth-order valence-electron chi connectivity index (χ4n) is 5.07. The summed E-state index contributed by atoms with van der Waals surface area (Å²) < 4.78 is 6.01. The first-order valence-corrected chi connectivity index (χ1v) is 11.5. The van der Waals surface area contributed by atoms with Crippen LogP contribution in [0.25, 0.3) is 0 Å². The van der Waals surface area contributed by atoms with Gasteiger partial charge < -0.3 is 10.1 Å². The zero-order valence-corrected chi connectivity index (χ0v) is 19.4. The highest BCUT2D eigenvalue weighted by atomic mass is 79.9. The number of halogens is 1. The minimum atomic E-state index is -0.664. The second-order valence-corrected chi connectivity index (χ2v) is 9.56. The normalized spacial score (nSPS) is 24.8. The molecule has 2 aliphatic carbocycles. The summed E-state index contributed by atoms with van der Waals surface area (Å²) >= 11 is 3.37. The number of nitrogens with one attached hydrogen (secondary N) is 1. The van der Waals surface area contributed by atoms with Gasteiger partial charge in [0.1, 0.15) is 0 Å². The lowest BCUT2D eigenvalue weighted by Crippen LogP contribution is -2.32. The van der Waals surface area contributed by atoms with Crippen molar-refractivity contribution in [2.75, 3.05) is 16.8 Å². The van der Waals surface area contributed by atoms with Crippen LogP contribution in [0.15, 0.2) is 59.1 Å². The van der Waals surface area contributed by atoms with Gasteiger partial charge in [-0.05, 0) is 73.2 Å². The number of amides is 3. The molecule has 1 heterocycles. The molecule has 168 valence electrons. The monoisotopic (exact) mass is 508 g/mol. The number of anilines is 2. The number of hydrogen-bond donors (Lipinski definition) is 1. The van der Waals surface area contributed by atoms with Gasteiger partial charge >= 0.3 is 5.97 Å². The third-order valence-electron chi connectivity index (χ3n) is 6.63. The predicted molar refractivity (Wildman–Crippen MR) is 124 cm³/mol. The van der Waals surface area contributed by atoms with E-state index in [1.54, 1.807) is 24.3 Å². The van der Waals surface area contributed by atoms with Crippen LogP contribution in [-0.4, -0.2) is 30.3 Å². The van der Waals surface area contributed by atoms with E-state index in [0.717, 1.165) is 16.5 Å². The van der Waals surface area contributed by atoms with E-state index in [1.165, 1.54) is 17.0 Å².